The highest BCUT2D eigenvalue weighted by Gasteiger charge is 1.88. The molecule has 5 nitrogen and oxygen atoms in total. The standard InChI is InChI=1S/C7H6N2.H3O3P/c1-2-4-7-6(3-1)8-5-9-7;1-4(2)3/h1-5H,(H,8,9);4H,(H2,1,2,3). The predicted octanol–water partition coefficient (Wildman–Crippen LogP) is 0.924. The van der Waals surface area contributed by atoms with E-state index in [4.69, 9.17) is 14.4 Å². The molecule has 0 saturated carbocycles. The van der Waals surface area contributed by atoms with E-state index < -0.39 is 8.25 Å². The molecule has 3 N–H and O–H groups in total. The molecule has 70 valence electrons. The smallest absolute Gasteiger partial charge is 0.314 e. The molecule has 0 unspecified atom stereocenters. The molecule has 0 amide bonds. The molecule has 0 bridgehead atoms. The molecule has 0 fully saturated rings. The van der Waals surface area contributed by atoms with Gasteiger partial charge in [0.15, 0.2) is 0 Å². The van der Waals surface area contributed by atoms with Crippen LogP contribution in [0.15, 0.2) is 30.6 Å². The van der Waals surface area contributed by atoms with E-state index in [2.05, 4.69) is 9.97 Å². The zero-order valence-corrected chi connectivity index (χ0v) is 7.64. The first-order chi connectivity index (χ1) is 6.20. The first-order valence-corrected chi connectivity index (χ1v) is 4.80. The first kappa shape index (κ1) is 9.92. The van der Waals surface area contributed by atoms with Gasteiger partial charge in [-0.2, -0.15) is 0 Å². The Kier molecular flexibility index (Phi) is 3.64. The number of aromatic nitrogens is 2. The third-order valence-corrected chi connectivity index (χ3v) is 1.33. The van der Waals surface area contributed by atoms with Crippen molar-refractivity contribution in [2.75, 3.05) is 0 Å². The first-order valence-electron chi connectivity index (χ1n) is 3.50. The summed E-state index contributed by atoms with van der Waals surface area (Å²) in [5.41, 5.74) is 2.12. The molecular formula is C7H9N2O3P. The number of hydrogen-bond donors (Lipinski definition) is 3. The van der Waals surface area contributed by atoms with Gasteiger partial charge in [0.2, 0.25) is 0 Å². The van der Waals surface area contributed by atoms with Crippen LogP contribution in [0, 0.1) is 0 Å². The van der Waals surface area contributed by atoms with Crippen LogP contribution in [0.4, 0.5) is 0 Å². The lowest BCUT2D eigenvalue weighted by Crippen LogP contribution is -1.63. The summed E-state index contributed by atoms with van der Waals surface area (Å²) in [6.45, 7) is 0. The molecule has 1 heterocycles. The quantitative estimate of drug-likeness (QED) is 0.552. The van der Waals surface area contributed by atoms with E-state index in [-0.39, 0.29) is 0 Å². The van der Waals surface area contributed by atoms with Crippen LogP contribution in [-0.2, 0) is 4.57 Å². The molecule has 0 radical (unpaired) electrons. The average molecular weight is 200 g/mol. The average Bonchev–Trinajstić information content (AvgIpc) is 2.49. The summed E-state index contributed by atoms with van der Waals surface area (Å²) in [6.07, 6.45) is 1.70. The number of H-pyrrole nitrogens is 1. The monoisotopic (exact) mass is 200 g/mol. The van der Waals surface area contributed by atoms with E-state index >= 15 is 0 Å². The van der Waals surface area contributed by atoms with Crippen LogP contribution < -0.4 is 0 Å². The van der Waals surface area contributed by atoms with Crippen molar-refractivity contribution in [3.8, 4) is 0 Å². The number of hydrogen-bond acceptors (Lipinski definition) is 2. The zero-order valence-electron chi connectivity index (χ0n) is 6.64. The predicted molar refractivity (Wildman–Crippen MR) is 49.5 cm³/mol. The van der Waals surface area contributed by atoms with E-state index in [0.29, 0.717) is 0 Å². The molecular weight excluding hydrogens is 191 g/mol. The van der Waals surface area contributed by atoms with Crippen molar-refractivity contribution >= 4 is 19.3 Å². The van der Waals surface area contributed by atoms with Crippen LogP contribution in [0.2, 0.25) is 0 Å². The highest BCUT2D eigenvalue weighted by Crippen LogP contribution is 2.05. The van der Waals surface area contributed by atoms with Gasteiger partial charge in [-0.15, -0.1) is 0 Å². The van der Waals surface area contributed by atoms with Gasteiger partial charge < -0.3 is 14.8 Å². The van der Waals surface area contributed by atoms with Gasteiger partial charge in [-0.3, -0.25) is 4.57 Å². The Hall–Kier alpha value is -1.16. The Morgan fingerprint density at radius 3 is 2.54 bits per heavy atom. The molecule has 0 saturated heterocycles. The SMILES string of the molecule is O=[PH](O)O.c1ccc2[nH]cnc2c1. The van der Waals surface area contributed by atoms with E-state index in [1.807, 2.05) is 24.3 Å². The minimum Gasteiger partial charge on any atom is -0.345 e. The van der Waals surface area contributed by atoms with E-state index in [1.165, 1.54) is 0 Å². The fraction of sp³-hybridized carbons (Fsp3) is 0. The fourth-order valence-electron chi connectivity index (χ4n) is 0.880. The maximum Gasteiger partial charge on any atom is 0.314 e. The van der Waals surface area contributed by atoms with Crippen LogP contribution in [0.1, 0.15) is 0 Å². The zero-order chi connectivity index (χ0) is 9.68. The number of nitrogens with zero attached hydrogens (tertiary/aromatic N) is 1. The largest absolute Gasteiger partial charge is 0.345 e. The van der Waals surface area contributed by atoms with Crippen molar-refractivity contribution in [2.45, 2.75) is 0 Å². The topological polar surface area (TPSA) is 86.2 Å². The lowest BCUT2D eigenvalue weighted by molar-refractivity contribution is 0.405. The summed E-state index contributed by atoms with van der Waals surface area (Å²) in [4.78, 5) is 21.4. The molecule has 1 aromatic carbocycles. The third-order valence-electron chi connectivity index (χ3n) is 1.33. The highest BCUT2D eigenvalue weighted by atomic mass is 31.1. The van der Waals surface area contributed by atoms with Gasteiger partial charge in [0, 0.05) is 0 Å². The molecule has 6 heteroatoms. The van der Waals surface area contributed by atoms with Crippen molar-refractivity contribution in [3.05, 3.63) is 30.6 Å². The van der Waals surface area contributed by atoms with E-state index in [1.54, 1.807) is 6.33 Å². The maximum absolute atomic E-state index is 8.74. The van der Waals surface area contributed by atoms with Gasteiger partial charge in [-0.25, -0.2) is 4.98 Å². The van der Waals surface area contributed by atoms with Crippen molar-refractivity contribution in [3.63, 3.8) is 0 Å². The van der Waals surface area contributed by atoms with Crippen molar-refractivity contribution in [1.82, 2.24) is 9.97 Å². The minimum absolute atomic E-state index is 1.03. The van der Waals surface area contributed by atoms with E-state index in [9.17, 15) is 0 Å². The second-order valence-corrected chi connectivity index (χ2v) is 2.77. The van der Waals surface area contributed by atoms with Gasteiger partial charge in [0.05, 0.1) is 17.4 Å². The van der Waals surface area contributed by atoms with E-state index in [0.717, 1.165) is 11.0 Å². The third kappa shape index (κ3) is 3.38. The molecule has 0 atom stereocenters. The van der Waals surface area contributed by atoms with Crippen molar-refractivity contribution in [1.29, 1.82) is 0 Å². The number of aromatic amines is 1. The summed E-state index contributed by atoms with van der Waals surface area (Å²) in [5.74, 6) is 0. The van der Waals surface area contributed by atoms with Gasteiger partial charge in [0.25, 0.3) is 0 Å². The van der Waals surface area contributed by atoms with Gasteiger partial charge in [-0.05, 0) is 12.1 Å². The van der Waals surface area contributed by atoms with Crippen LogP contribution in [-0.4, -0.2) is 19.8 Å². The number of rotatable bonds is 0. The van der Waals surface area contributed by atoms with Crippen molar-refractivity contribution < 1.29 is 14.4 Å². The Morgan fingerprint density at radius 2 is 1.92 bits per heavy atom. The van der Waals surface area contributed by atoms with Crippen LogP contribution in [0.3, 0.4) is 0 Å². The minimum atomic E-state index is -3.13. The molecule has 2 aromatic rings. The molecule has 2 rings (SSSR count). The second kappa shape index (κ2) is 4.77. The lowest BCUT2D eigenvalue weighted by Gasteiger charge is -1.81. The number of imidazole rings is 1. The number of para-hydroxylation sites is 2. The molecule has 0 aliphatic rings. The Bertz CT molecular complexity index is 367. The van der Waals surface area contributed by atoms with Crippen LogP contribution in [0.5, 0.6) is 0 Å². The summed E-state index contributed by atoms with van der Waals surface area (Å²) >= 11 is 0. The normalized spacial score (nSPS) is 9.77. The summed E-state index contributed by atoms with van der Waals surface area (Å²) in [5, 5.41) is 0. The number of fused-ring (bicyclic) bond motifs is 1. The summed E-state index contributed by atoms with van der Waals surface area (Å²) in [6, 6.07) is 7.94. The maximum atomic E-state index is 8.74. The molecule has 0 aliphatic carbocycles. The van der Waals surface area contributed by atoms with Crippen LogP contribution in [0.25, 0.3) is 11.0 Å². The summed E-state index contributed by atoms with van der Waals surface area (Å²) in [7, 11) is -3.13. The molecule has 1 aromatic heterocycles. The van der Waals surface area contributed by atoms with Gasteiger partial charge >= 0.3 is 8.25 Å². The van der Waals surface area contributed by atoms with Gasteiger partial charge in [-0.1, -0.05) is 12.1 Å². The van der Waals surface area contributed by atoms with Gasteiger partial charge in [0.1, 0.15) is 0 Å². The molecule has 0 spiro atoms. The van der Waals surface area contributed by atoms with Crippen molar-refractivity contribution in [2.24, 2.45) is 0 Å². The number of benzene rings is 1. The Morgan fingerprint density at radius 1 is 1.31 bits per heavy atom. The lowest BCUT2D eigenvalue weighted by atomic mass is 10.3. The number of nitrogens with one attached hydrogen (secondary N) is 1. The summed E-state index contributed by atoms with van der Waals surface area (Å²) < 4.78 is 8.74. The fourth-order valence-corrected chi connectivity index (χ4v) is 0.880. The molecule has 0 aliphatic heterocycles. The highest BCUT2D eigenvalue weighted by molar-refractivity contribution is 7.30. The Labute approximate surface area is 75.0 Å². The Balaban J connectivity index is 0.000000184. The second-order valence-electron chi connectivity index (χ2n) is 2.20. The molecule has 13 heavy (non-hydrogen) atoms. The van der Waals surface area contributed by atoms with Crippen LogP contribution >= 0.6 is 8.25 Å².